The average molecular weight is 372 g/mol. The number of carbonyl (C=O) groups excluding carboxylic acids is 1. The summed E-state index contributed by atoms with van der Waals surface area (Å²) in [5, 5.41) is 8.90. The lowest BCUT2D eigenvalue weighted by Crippen LogP contribution is -2.50. The van der Waals surface area contributed by atoms with Gasteiger partial charge in [0.2, 0.25) is 5.91 Å². The first kappa shape index (κ1) is 17.5. The number of hydrogen-bond donors (Lipinski definition) is 2. The van der Waals surface area contributed by atoms with Gasteiger partial charge in [0.05, 0.1) is 23.7 Å². The Balaban J connectivity index is 1.44. The van der Waals surface area contributed by atoms with E-state index >= 15 is 0 Å². The summed E-state index contributed by atoms with van der Waals surface area (Å²) in [5.41, 5.74) is 3.64. The highest BCUT2D eigenvalue weighted by atomic mass is 32.1. The number of nitrogens with one attached hydrogen (secondary N) is 2. The van der Waals surface area contributed by atoms with Gasteiger partial charge in [-0.2, -0.15) is 0 Å². The highest BCUT2D eigenvalue weighted by molar-refractivity contribution is 7.07. The molecule has 1 aromatic carbocycles. The maximum atomic E-state index is 13.2. The Kier molecular flexibility index (Phi) is 4.96. The van der Waals surface area contributed by atoms with Crippen molar-refractivity contribution in [3.63, 3.8) is 0 Å². The maximum Gasteiger partial charge on any atom is 0.228 e. The number of benzene rings is 1. The van der Waals surface area contributed by atoms with Crippen LogP contribution in [0.15, 0.2) is 35.2 Å². The molecule has 0 saturated carbocycles. The third-order valence-corrected chi connectivity index (χ3v) is 6.46. The van der Waals surface area contributed by atoms with E-state index in [2.05, 4.69) is 27.1 Å². The van der Waals surface area contributed by atoms with Crippen LogP contribution in [0.1, 0.15) is 30.5 Å². The van der Waals surface area contributed by atoms with E-state index in [0.717, 1.165) is 42.7 Å². The number of aromatic nitrogens is 1. The molecule has 1 amide bonds. The molecule has 3 heterocycles. The fourth-order valence-electron chi connectivity index (χ4n) is 4.57. The Labute approximate surface area is 158 Å². The molecule has 0 radical (unpaired) electrons. The number of thiazole rings is 1. The summed E-state index contributed by atoms with van der Waals surface area (Å²) in [7, 11) is 1.68. The number of methoxy groups -OCH3 is 1. The van der Waals surface area contributed by atoms with Gasteiger partial charge in [-0.25, -0.2) is 4.98 Å². The van der Waals surface area contributed by atoms with Crippen LogP contribution in [0.2, 0.25) is 0 Å². The predicted molar refractivity (Wildman–Crippen MR) is 103 cm³/mol. The molecule has 3 atom stereocenters. The standard InChI is InChI=1S/C20H25N3O2S/c1-25-17-5-3-2-4-14(17)8-9-21-19(24)20(11-16-12-26-13-22-16)10-15-6-7-18(20)23-15/h2-5,12-13,15,18,23H,6-11H2,1H3,(H,21,24)/t15-,18+,20-/m0/s1. The lowest BCUT2D eigenvalue weighted by molar-refractivity contribution is -0.132. The Morgan fingerprint density at radius 2 is 2.31 bits per heavy atom. The highest BCUT2D eigenvalue weighted by Gasteiger charge is 2.55. The van der Waals surface area contributed by atoms with Gasteiger partial charge < -0.3 is 15.4 Å². The number of para-hydroxylation sites is 1. The van der Waals surface area contributed by atoms with Crippen LogP contribution in [0.4, 0.5) is 0 Å². The summed E-state index contributed by atoms with van der Waals surface area (Å²) < 4.78 is 5.40. The zero-order chi connectivity index (χ0) is 18.0. The summed E-state index contributed by atoms with van der Waals surface area (Å²) in [6, 6.07) is 8.71. The molecule has 1 aromatic heterocycles. The van der Waals surface area contributed by atoms with Gasteiger partial charge in [0.1, 0.15) is 5.75 Å². The second-order valence-electron chi connectivity index (χ2n) is 7.33. The SMILES string of the molecule is COc1ccccc1CCNC(=O)[C@]1(Cc2cscn2)C[C@@H]2CC[C@H]1N2. The van der Waals surface area contributed by atoms with Gasteiger partial charge in [0.25, 0.3) is 0 Å². The second kappa shape index (κ2) is 7.37. The quantitative estimate of drug-likeness (QED) is 0.785. The highest BCUT2D eigenvalue weighted by Crippen LogP contribution is 2.45. The third kappa shape index (κ3) is 3.23. The fourth-order valence-corrected chi connectivity index (χ4v) is 5.13. The van der Waals surface area contributed by atoms with Crippen LogP contribution in [0, 0.1) is 5.41 Å². The molecule has 26 heavy (non-hydrogen) atoms. The molecule has 0 spiro atoms. The van der Waals surface area contributed by atoms with Crippen LogP contribution in [0.25, 0.3) is 0 Å². The van der Waals surface area contributed by atoms with E-state index in [4.69, 9.17) is 4.74 Å². The topological polar surface area (TPSA) is 63.2 Å². The first-order valence-electron chi connectivity index (χ1n) is 9.24. The van der Waals surface area contributed by atoms with Crippen molar-refractivity contribution in [2.75, 3.05) is 13.7 Å². The zero-order valence-corrected chi connectivity index (χ0v) is 15.8. The van der Waals surface area contributed by atoms with E-state index in [1.165, 1.54) is 6.42 Å². The van der Waals surface area contributed by atoms with Crippen molar-refractivity contribution in [3.8, 4) is 5.75 Å². The normalized spacial score (nSPS) is 26.8. The molecule has 5 nitrogen and oxygen atoms in total. The van der Waals surface area contributed by atoms with Crippen LogP contribution in [-0.4, -0.2) is 36.6 Å². The Morgan fingerprint density at radius 3 is 3.00 bits per heavy atom. The molecule has 2 bridgehead atoms. The van der Waals surface area contributed by atoms with E-state index in [1.807, 2.05) is 23.7 Å². The number of rotatable bonds is 7. The molecule has 4 rings (SSSR count). The number of fused-ring (bicyclic) bond motifs is 2. The summed E-state index contributed by atoms with van der Waals surface area (Å²) in [4.78, 5) is 17.7. The van der Waals surface area contributed by atoms with E-state index in [1.54, 1.807) is 18.4 Å². The Bertz CT molecular complexity index is 764. The minimum atomic E-state index is -0.363. The molecular weight excluding hydrogens is 346 g/mol. The minimum absolute atomic E-state index is 0.167. The molecule has 0 aliphatic carbocycles. The third-order valence-electron chi connectivity index (χ3n) is 5.82. The number of ether oxygens (including phenoxy) is 1. The molecule has 2 aromatic rings. The van der Waals surface area contributed by atoms with Gasteiger partial charge in [-0.1, -0.05) is 18.2 Å². The van der Waals surface area contributed by atoms with E-state index in [9.17, 15) is 4.79 Å². The number of amides is 1. The van der Waals surface area contributed by atoms with Gasteiger partial charge in [0.15, 0.2) is 0 Å². The van der Waals surface area contributed by atoms with Crippen LogP contribution < -0.4 is 15.4 Å². The molecule has 2 aliphatic rings. The number of carbonyl (C=O) groups is 1. The van der Waals surface area contributed by atoms with Gasteiger partial charge in [-0.3, -0.25) is 4.79 Å². The number of hydrogen-bond acceptors (Lipinski definition) is 5. The van der Waals surface area contributed by atoms with Crippen LogP contribution in [0.5, 0.6) is 5.75 Å². The van der Waals surface area contributed by atoms with Gasteiger partial charge in [-0.05, 0) is 37.3 Å². The molecule has 138 valence electrons. The summed E-state index contributed by atoms with van der Waals surface area (Å²) in [6.07, 6.45) is 4.66. The smallest absolute Gasteiger partial charge is 0.228 e. The largest absolute Gasteiger partial charge is 0.496 e. The molecule has 6 heteroatoms. The monoisotopic (exact) mass is 371 g/mol. The molecular formula is C20H25N3O2S. The van der Waals surface area contributed by atoms with Crippen molar-refractivity contribution < 1.29 is 9.53 Å². The summed E-state index contributed by atoms with van der Waals surface area (Å²) in [6.45, 7) is 0.620. The fraction of sp³-hybridized carbons (Fsp3) is 0.500. The predicted octanol–water partition coefficient (Wildman–Crippen LogP) is 2.56. The molecule has 2 N–H and O–H groups in total. The first-order chi connectivity index (χ1) is 12.7. The number of nitrogens with zero attached hydrogens (tertiary/aromatic N) is 1. The van der Waals surface area contributed by atoms with Crippen LogP contribution in [0.3, 0.4) is 0 Å². The van der Waals surface area contributed by atoms with Crippen molar-refractivity contribution in [1.29, 1.82) is 0 Å². The van der Waals surface area contributed by atoms with Crippen LogP contribution in [-0.2, 0) is 17.6 Å². The van der Waals surface area contributed by atoms with E-state index in [-0.39, 0.29) is 17.4 Å². The second-order valence-corrected chi connectivity index (χ2v) is 8.05. The van der Waals surface area contributed by atoms with Gasteiger partial charge >= 0.3 is 0 Å². The molecule has 2 saturated heterocycles. The molecule has 0 unspecified atom stereocenters. The molecule has 2 fully saturated rings. The molecule has 2 aliphatic heterocycles. The van der Waals surface area contributed by atoms with Gasteiger partial charge in [-0.15, -0.1) is 11.3 Å². The van der Waals surface area contributed by atoms with Crippen molar-refractivity contribution in [2.45, 2.75) is 44.2 Å². The lowest BCUT2D eigenvalue weighted by Gasteiger charge is -2.34. The Morgan fingerprint density at radius 1 is 1.42 bits per heavy atom. The van der Waals surface area contributed by atoms with Crippen molar-refractivity contribution in [3.05, 3.63) is 46.4 Å². The van der Waals surface area contributed by atoms with Crippen LogP contribution >= 0.6 is 11.3 Å². The summed E-state index contributed by atoms with van der Waals surface area (Å²) in [5.74, 6) is 1.04. The van der Waals surface area contributed by atoms with Crippen molar-refractivity contribution >= 4 is 17.2 Å². The van der Waals surface area contributed by atoms with E-state index < -0.39 is 0 Å². The zero-order valence-electron chi connectivity index (χ0n) is 15.0. The van der Waals surface area contributed by atoms with Crippen molar-refractivity contribution in [1.82, 2.24) is 15.6 Å². The Hall–Kier alpha value is -1.92. The maximum absolute atomic E-state index is 13.2. The average Bonchev–Trinajstić information content (AvgIpc) is 3.40. The van der Waals surface area contributed by atoms with E-state index in [0.29, 0.717) is 12.6 Å². The minimum Gasteiger partial charge on any atom is -0.496 e. The van der Waals surface area contributed by atoms with Crippen molar-refractivity contribution in [2.24, 2.45) is 5.41 Å². The first-order valence-corrected chi connectivity index (χ1v) is 10.2. The summed E-state index contributed by atoms with van der Waals surface area (Å²) >= 11 is 1.60. The van der Waals surface area contributed by atoms with Gasteiger partial charge in [0, 0.05) is 30.4 Å². The lowest BCUT2D eigenvalue weighted by atomic mass is 9.70.